The second kappa shape index (κ2) is 8.24. The molecule has 3 aromatic rings. The lowest BCUT2D eigenvalue weighted by Crippen LogP contribution is -2.26. The molecule has 1 heterocycles. The first-order chi connectivity index (χ1) is 14.1. The van der Waals surface area contributed by atoms with Crippen LogP contribution in [0.3, 0.4) is 0 Å². The molecule has 0 aliphatic rings. The Morgan fingerprint density at radius 1 is 1.07 bits per heavy atom. The number of nitrogens with zero attached hydrogens (tertiary/aromatic N) is 3. The van der Waals surface area contributed by atoms with Crippen molar-refractivity contribution in [2.75, 3.05) is 12.4 Å². The quantitative estimate of drug-likeness (QED) is 0.631. The zero-order valence-electron chi connectivity index (χ0n) is 15.4. The van der Waals surface area contributed by atoms with E-state index in [0.717, 1.165) is 9.87 Å². The molecule has 158 valence electrons. The number of carbonyl (C=O) groups excluding carboxylic acids is 1. The molecule has 0 atom stereocenters. The Bertz CT molecular complexity index is 1130. The maximum Gasteiger partial charge on any atom is 0.470 e. The number of alkyl halides is 3. The molecule has 0 radical (unpaired) electrons. The molecule has 0 bridgehead atoms. The number of sulfonamides is 1. The molecule has 0 saturated heterocycles. The molecule has 3 rings (SSSR count). The molecule has 0 unspecified atom stereocenters. The zero-order valence-corrected chi connectivity index (χ0v) is 16.2. The SMILES string of the molecule is CN(Cc1ccccc1)S(=O)(=O)c1ccc(C(=O)Nc2nnc(C(F)(F)F)o2)cc1. The number of amides is 1. The molecule has 0 spiro atoms. The Balaban J connectivity index is 1.70. The van der Waals surface area contributed by atoms with Crippen LogP contribution in [0.2, 0.25) is 0 Å². The van der Waals surface area contributed by atoms with E-state index in [0.29, 0.717) is 0 Å². The highest BCUT2D eigenvalue weighted by atomic mass is 32.2. The van der Waals surface area contributed by atoms with E-state index in [1.165, 1.54) is 31.3 Å². The Morgan fingerprint density at radius 3 is 2.27 bits per heavy atom. The lowest BCUT2D eigenvalue weighted by Gasteiger charge is -2.17. The third-order valence-electron chi connectivity index (χ3n) is 3.96. The summed E-state index contributed by atoms with van der Waals surface area (Å²) in [6.07, 6.45) is -4.84. The number of anilines is 1. The predicted molar refractivity (Wildman–Crippen MR) is 98.8 cm³/mol. The second-order valence-electron chi connectivity index (χ2n) is 6.14. The maximum atomic E-state index is 12.7. The lowest BCUT2D eigenvalue weighted by molar-refractivity contribution is -0.156. The number of halogens is 3. The van der Waals surface area contributed by atoms with Gasteiger partial charge in [0.2, 0.25) is 10.0 Å². The van der Waals surface area contributed by atoms with E-state index in [1.807, 2.05) is 11.4 Å². The molecular weight excluding hydrogens is 425 g/mol. The fourth-order valence-corrected chi connectivity index (χ4v) is 3.60. The number of benzene rings is 2. The molecule has 8 nitrogen and oxygen atoms in total. The van der Waals surface area contributed by atoms with Crippen molar-refractivity contribution in [3.8, 4) is 0 Å². The molecular formula is C18H15F3N4O4S. The van der Waals surface area contributed by atoms with Crippen LogP contribution in [-0.2, 0) is 22.7 Å². The van der Waals surface area contributed by atoms with Crippen LogP contribution in [0, 0.1) is 0 Å². The number of hydrogen-bond donors (Lipinski definition) is 1. The van der Waals surface area contributed by atoms with Crippen molar-refractivity contribution in [3.05, 3.63) is 71.6 Å². The molecule has 1 amide bonds. The largest absolute Gasteiger partial charge is 0.470 e. The number of nitrogens with one attached hydrogen (secondary N) is 1. The van der Waals surface area contributed by atoms with E-state index < -0.39 is 34.0 Å². The van der Waals surface area contributed by atoms with Gasteiger partial charge < -0.3 is 4.42 Å². The summed E-state index contributed by atoms with van der Waals surface area (Å²) in [5.41, 5.74) is 0.795. The summed E-state index contributed by atoms with van der Waals surface area (Å²) < 4.78 is 68.2. The Labute approximate surface area is 169 Å². The fraction of sp³-hybridized carbons (Fsp3) is 0.167. The van der Waals surface area contributed by atoms with Crippen molar-refractivity contribution >= 4 is 21.9 Å². The molecule has 2 aromatic carbocycles. The summed E-state index contributed by atoms with van der Waals surface area (Å²) in [5, 5.41) is 7.92. The van der Waals surface area contributed by atoms with Crippen LogP contribution < -0.4 is 5.32 Å². The van der Waals surface area contributed by atoms with Gasteiger partial charge in [0, 0.05) is 19.2 Å². The van der Waals surface area contributed by atoms with Crippen LogP contribution in [0.1, 0.15) is 21.8 Å². The average Bonchev–Trinajstić information content (AvgIpc) is 3.18. The van der Waals surface area contributed by atoms with Crippen molar-refractivity contribution in [1.29, 1.82) is 0 Å². The maximum absolute atomic E-state index is 12.7. The second-order valence-corrected chi connectivity index (χ2v) is 8.18. The van der Waals surface area contributed by atoms with Crippen LogP contribution in [0.5, 0.6) is 0 Å². The molecule has 0 aliphatic carbocycles. The highest BCUT2D eigenvalue weighted by Gasteiger charge is 2.38. The highest BCUT2D eigenvalue weighted by molar-refractivity contribution is 7.89. The fourth-order valence-electron chi connectivity index (χ4n) is 2.44. The van der Waals surface area contributed by atoms with Crippen molar-refractivity contribution in [1.82, 2.24) is 14.5 Å². The van der Waals surface area contributed by atoms with E-state index in [1.54, 1.807) is 24.3 Å². The van der Waals surface area contributed by atoms with Crippen molar-refractivity contribution in [2.45, 2.75) is 17.6 Å². The van der Waals surface area contributed by atoms with Gasteiger partial charge in [-0.25, -0.2) is 8.42 Å². The van der Waals surface area contributed by atoms with Gasteiger partial charge in [-0.3, -0.25) is 10.1 Å². The van der Waals surface area contributed by atoms with Crippen LogP contribution >= 0.6 is 0 Å². The van der Waals surface area contributed by atoms with Gasteiger partial charge in [0.1, 0.15) is 0 Å². The summed E-state index contributed by atoms with van der Waals surface area (Å²) in [6, 6.07) is 13.2. The van der Waals surface area contributed by atoms with Crippen LogP contribution in [0.25, 0.3) is 0 Å². The third kappa shape index (κ3) is 4.83. The van der Waals surface area contributed by atoms with E-state index >= 15 is 0 Å². The minimum atomic E-state index is -4.84. The molecule has 12 heteroatoms. The van der Waals surface area contributed by atoms with Crippen LogP contribution in [0.15, 0.2) is 63.9 Å². The van der Waals surface area contributed by atoms with Crippen molar-refractivity contribution in [3.63, 3.8) is 0 Å². The zero-order chi connectivity index (χ0) is 21.9. The normalized spacial score (nSPS) is 12.2. The molecule has 0 saturated carbocycles. The Kier molecular flexibility index (Phi) is 5.89. The topological polar surface area (TPSA) is 105 Å². The number of aromatic nitrogens is 2. The number of rotatable bonds is 6. The van der Waals surface area contributed by atoms with Crippen LogP contribution in [0.4, 0.5) is 19.2 Å². The first kappa shape index (κ1) is 21.5. The van der Waals surface area contributed by atoms with E-state index in [2.05, 4.69) is 14.6 Å². The van der Waals surface area contributed by atoms with Gasteiger partial charge in [-0.1, -0.05) is 35.4 Å². The van der Waals surface area contributed by atoms with E-state index in [9.17, 15) is 26.4 Å². The van der Waals surface area contributed by atoms with E-state index in [-0.39, 0.29) is 17.0 Å². The smallest absolute Gasteiger partial charge is 0.399 e. The van der Waals surface area contributed by atoms with Gasteiger partial charge in [-0.15, -0.1) is 5.10 Å². The van der Waals surface area contributed by atoms with Gasteiger partial charge >= 0.3 is 18.1 Å². The van der Waals surface area contributed by atoms with Gasteiger partial charge in [0.15, 0.2) is 0 Å². The minimum Gasteiger partial charge on any atom is -0.399 e. The minimum absolute atomic E-state index is 0.00794. The van der Waals surface area contributed by atoms with Crippen LogP contribution in [-0.4, -0.2) is 35.9 Å². The summed E-state index contributed by atoms with van der Waals surface area (Å²) in [7, 11) is -2.39. The monoisotopic (exact) mass is 440 g/mol. The molecule has 0 fully saturated rings. The highest BCUT2D eigenvalue weighted by Crippen LogP contribution is 2.28. The molecule has 1 N–H and O–H groups in total. The molecule has 1 aromatic heterocycles. The summed E-state index contributed by atoms with van der Waals surface area (Å²) in [4.78, 5) is 12.1. The average molecular weight is 440 g/mol. The Hall–Kier alpha value is -3.25. The van der Waals surface area contributed by atoms with Gasteiger partial charge in [0.05, 0.1) is 4.90 Å². The lowest BCUT2D eigenvalue weighted by atomic mass is 10.2. The standard InChI is InChI=1S/C18H15F3N4O4S/c1-25(11-12-5-3-2-4-6-12)30(27,28)14-9-7-13(8-10-14)15(26)22-17-24-23-16(29-17)18(19,20)21/h2-10H,11H2,1H3,(H,22,24,26). The van der Waals surface area contributed by atoms with Crippen molar-refractivity contribution in [2.24, 2.45) is 0 Å². The molecule has 30 heavy (non-hydrogen) atoms. The van der Waals surface area contributed by atoms with E-state index in [4.69, 9.17) is 0 Å². The van der Waals surface area contributed by atoms with Gasteiger partial charge in [-0.2, -0.15) is 17.5 Å². The predicted octanol–water partition coefficient (Wildman–Crippen LogP) is 3.16. The van der Waals surface area contributed by atoms with Crippen molar-refractivity contribution < 1.29 is 30.8 Å². The number of hydrogen-bond acceptors (Lipinski definition) is 6. The first-order valence-corrected chi connectivity index (χ1v) is 9.84. The summed E-state index contributed by atoms with van der Waals surface area (Å²) in [5.74, 6) is -2.44. The first-order valence-electron chi connectivity index (χ1n) is 8.40. The Morgan fingerprint density at radius 2 is 1.70 bits per heavy atom. The summed E-state index contributed by atoms with van der Waals surface area (Å²) >= 11 is 0. The summed E-state index contributed by atoms with van der Waals surface area (Å²) in [6.45, 7) is 0.157. The molecule has 0 aliphatic heterocycles. The van der Waals surface area contributed by atoms with Gasteiger partial charge in [-0.05, 0) is 29.8 Å². The number of carbonyl (C=O) groups is 1. The third-order valence-corrected chi connectivity index (χ3v) is 5.78. The van der Waals surface area contributed by atoms with Gasteiger partial charge in [0.25, 0.3) is 5.91 Å².